The lowest BCUT2D eigenvalue weighted by molar-refractivity contribution is 0.285. The van der Waals surface area contributed by atoms with Crippen molar-refractivity contribution < 1.29 is 13.5 Å². The van der Waals surface area contributed by atoms with Crippen LogP contribution in [0.25, 0.3) is 0 Å². The van der Waals surface area contributed by atoms with E-state index in [9.17, 15) is 8.42 Å². The molecule has 0 spiro atoms. The summed E-state index contributed by atoms with van der Waals surface area (Å²) in [5.41, 5.74) is 0. The van der Waals surface area contributed by atoms with Crippen LogP contribution in [-0.2, 0) is 16.6 Å². The summed E-state index contributed by atoms with van der Waals surface area (Å²) in [6.45, 7) is 5.10. The Labute approximate surface area is 119 Å². The first kappa shape index (κ1) is 15.0. The van der Waals surface area contributed by atoms with Crippen LogP contribution in [0.1, 0.15) is 35.9 Å². The van der Waals surface area contributed by atoms with E-state index < -0.39 is 10.0 Å². The summed E-state index contributed by atoms with van der Waals surface area (Å²) in [5.74, 6) is 0.496. The van der Waals surface area contributed by atoms with Crippen molar-refractivity contribution in [1.29, 1.82) is 0 Å². The van der Waals surface area contributed by atoms with E-state index in [1.54, 1.807) is 17.3 Å². The van der Waals surface area contributed by atoms with Crippen LogP contribution in [-0.4, -0.2) is 30.9 Å². The standard InChI is InChI=1S/C13H21NO3S2/c1-3-4-11-5-6-14(8-11)19(16,17)13-7-12(9-15)18-10(13)2/h7,11,15H,3-6,8-9H2,1-2H3. The monoisotopic (exact) mass is 303 g/mol. The fraction of sp³-hybridized carbons (Fsp3) is 0.692. The number of aryl methyl sites for hydroxylation is 1. The summed E-state index contributed by atoms with van der Waals surface area (Å²) >= 11 is 1.36. The first-order valence-electron chi connectivity index (χ1n) is 6.69. The number of aliphatic hydroxyl groups is 1. The fourth-order valence-electron chi connectivity index (χ4n) is 2.66. The molecule has 108 valence electrons. The molecule has 0 aromatic carbocycles. The summed E-state index contributed by atoms with van der Waals surface area (Å²) < 4.78 is 26.8. The van der Waals surface area contributed by atoms with Gasteiger partial charge in [-0.25, -0.2) is 8.42 Å². The van der Waals surface area contributed by atoms with E-state index in [4.69, 9.17) is 5.11 Å². The van der Waals surface area contributed by atoms with Gasteiger partial charge in [-0.2, -0.15) is 4.31 Å². The molecule has 4 nitrogen and oxygen atoms in total. The third-order valence-corrected chi connectivity index (χ3v) is 6.80. The van der Waals surface area contributed by atoms with E-state index in [1.807, 2.05) is 0 Å². The second-order valence-electron chi connectivity index (χ2n) is 5.10. The molecule has 1 aliphatic rings. The van der Waals surface area contributed by atoms with Crippen molar-refractivity contribution in [2.45, 2.75) is 44.6 Å². The molecule has 19 heavy (non-hydrogen) atoms. The smallest absolute Gasteiger partial charge is 0.244 e. The highest BCUT2D eigenvalue weighted by molar-refractivity contribution is 7.89. The zero-order chi connectivity index (χ0) is 14.0. The van der Waals surface area contributed by atoms with Gasteiger partial charge in [0.05, 0.1) is 11.5 Å². The van der Waals surface area contributed by atoms with E-state index in [1.165, 1.54) is 11.3 Å². The molecular weight excluding hydrogens is 282 g/mol. The predicted octanol–water partition coefficient (Wildman–Crippen LogP) is 2.36. The lowest BCUT2D eigenvalue weighted by Gasteiger charge is -2.16. The molecule has 1 aromatic rings. The molecule has 1 atom stereocenters. The van der Waals surface area contributed by atoms with Crippen LogP contribution in [0.15, 0.2) is 11.0 Å². The van der Waals surface area contributed by atoms with Crippen molar-refractivity contribution >= 4 is 21.4 Å². The van der Waals surface area contributed by atoms with Crippen molar-refractivity contribution in [3.8, 4) is 0 Å². The van der Waals surface area contributed by atoms with Gasteiger partial charge < -0.3 is 5.11 Å². The van der Waals surface area contributed by atoms with Gasteiger partial charge >= 0.3 is 0 Å². The van der Waals surface area contributed by atoms with Gasteiger partial charge in [0, 0.05) is 22.8 Å². The van der Waals surface area contributed by atoms with Crippen LogP contribution in [0.5, 0.6) is 0 Å². The number of nitrogens with zero attached hydrogens (tertiary/aromatic N) is 1. The van der Waals surface area contributed by atoms with Gasteiger partial charge in [-0.3, -0.25) is 0 Å². The first-order valence-corrected chi connectivity index (χ1v) is 8.95. The van der Waals surface area contributed by atoms with E-state index >= 15 is 0 Å². The maximum absolute atomic E-state index is 12.6. The predicted molar refractivity (Wildman–Crippen MR) is 76.8 cm³/mol. The maximum atomic E-state index is 12.6. The molecule has 0 bridgehead atoms. The van der Waals surface area contributed by atoms with Crippen LogP contribution in [0.4, 0.5) is 0 Å². The largest absolute Gasteiger partial charge is 0.391 e. The quantitative estimate of drug-likeness (QED) is 0.908. The highest BCUT2D eigenvalue weighted by Crippen LogP contribution is 2.32. The van der Waals surface area contributed by atoms with Crippen molar-refractivity contribution in [3.63, 3.8) is 0 Å². The van der Waals surface area contributed by atoms with Crippen molar-refractivity contribution in [3.05, 3.63) is 15.8 Å². The molecule has 1 unspecified atom stereocenters. The minimum Gasteiger partial charge on any atom is -0.391 e. The van der Waals surface area contributed by atoms with Crippen LogP contribution < -0.4 is 0 Å². The summed E-state index contributed by atoms with van der Waals surface area (Å²) in [4.78, 5) is 1.85. The minimum atomic E-state index is -3.38. The summed E-state index contributed by atoms with van der Waals surface area (Å²) in [5, 5.41) is 9.12. The molecular formula is C13H21NO3S2. The Hall–Kier alpha value is -0.430. The highest BCUT2D eigenvalue weighted by atomic mass is 32.2. The van der Waals surface area contributed by atoms with Gasteiger partial charge in [0.25, 0.3) is 0 Å². The summed E-state index contributed by atoms with van der Waals surface area (Å²) in [6, 6.07) is 1.61. The summed E-state index contributed by atoms with van der Waals surface area (Å²) in [7, 11) is -3.38. The highest BCUT2D eigenvalue weighted by Gasteiger charge is 2.33. The van der Waals surface area contributed by atoms with Crippen molar-refractivity contribution in [2.24, 2.45) is 5.92 Å². The second kappa shape index (κ2) is 5.91. The molecule has 0 radical (unpaired) electrons. The Balaban J connectivity index is 2.21. The van der Waals surface area contributed by atoms with Crippen molar-refractivity contribution in [1.82, 2.24) is 4.31 Å². The van der Waals surface area contributed by atoms with Gasteiger partial charge in [-0.15, -0.1) is 11.3 Å². The number of aliphatic hydroxyl groups excluding tert-OH is 1. The first-order chi connectivity index (χ1) is 8.98. The third kappa shape index (κ3) is 3.02. The van der Waals surface area contributed by atoms with Crippen LogP contribution in [0, 0.1) is 12.8 Å². The molecule has 2 heterocycles. The van der Waals surface area contributed by atoms with Crippen LogP contribution >= 0.6 is 11.3 Å². The lowest BCUT2D eigenvalue weighted by atomic mass is 10.0. The Kier molecular flexibility index (Phi) is 4.66. The number of hydrogen-bond donors (Lipinski definition) is 1. The molecule has 0 aliphatic carbocycles. The third-order valence-electron chi connectivity index (χ3n) is 3.64. The topological polar surface area (TPSA) is 57.6 Å². The zero-order valence-corrected chi connectivity index (χ0v) is 13.1. The van der Waals surface area contributed by atoms with Gasteiger partial charge in [0.15, 0.2) is 0 Å². The maximum Gasteiger partial charge on any atom is 0.244 e. The second-order valence-corrected chi connectivity index (χ2v) is 8.34. The molecule has 6 heteroatoms. The Bertz CT molecular complexity index is 536. The molecule has 1 aliphatic heterocycles. The Morgan fingerprint density at radius 3 is 2.84 bits per heavy atom. The number of hydrogen-bond acceptors (Lipinski definition) is 4. The molecule has 0 amide bonds. The minimum absolute atomic E-state index is 0.0977. The molecule has 1 aromatic heterocycles. The molecule has 0 saturated carbocycles. The molecule has 1 fully saturated rings. The van der Waals surface area contributed by atoms with E-state index in [2.05, 4.69) is 6.92 Å². The molecule has 2 rings (SSSR count). The number of sulfonamides is 1. The Morgan fingerprint density at radius 2 is 2.26 bits per heavy atom. The molecule has 1 saturated heterocycles. The average Bonchev–Trinajstić information content (AvgIpc) is 2.96. The Morgan fingerprint density at radius 1 is 1.53 bits per heavy atom. The number of rotatable bonds is 5. The number of thiophene rings is 1. The van der Waals surface area contributed by atoms with Gasteiger partial charge in [0.2, 0.25) is 10.0 Å². The lowest BCUT2D eigenvalue weighted by Crippen LogP contribution is -2.29. The SMILES string of the molecule is CCCC1CCN(S(=O)(=O)c2cc(CO)sc2C)C1. The van der Waals surface area contributed by atoms with Gasteiger partial charge in [0.1, 0.15) is 0 Å². The zero-order valence-electron chi connectivity index (χ0n) is 11.4. The summed E-state index contributed by atoms with van der Waals surface area (Å²) in [6.07, 6.45) is 3.16. The van der Waals surface area contributed by atoms with Crippen LogP contribution in [0.3, 0.4) is 0 Å². The van der Waals surface area contributed by atoms with E-state index in [-0.39, 0.29) is 6.61 Å². The van der Waals surface area contributed by atoms with Gasteiger partial charge in [-0.05, 0) is 31.7 Å². The van der Waals surface area contributed by atoms with Crippen LogP contribution in [0.2, 0.25) is 0 Å². The normalized spacial score (nSPS) is 21.1. The van der Waals surface area contributed by atoms with Gasteiger partial charge in [-0.1, -0.05) is 13.3 Å². The van der Waals surface area contributed by atoms with E-state index in [0.717, 1.165) is 24.1 Å². The fourth-order valence-corrected chi connectivity index (χ4v) is 5.65. The van der Waals surface area contributed by atoms with Crippen molar-refractivity contribution in [2.75, 3.05) is 13.1 Å². The van der Waals surface area contributed by atoms with E-state index in [0.29, 0.717) is 28.8 Å². The molecule has 1 N–H and O–H groups in total. The average molecular weight is 303 g/mol.